The van der Waals surface area contributed by atoms with Crippen LogP contribution in [0.2, 0.25) is 0 Å². The van der Waals surface area contributed by atoms with E-state index in [1.807, 2.05) is 39.8 Å². The number of anilines is 1. The average molecular weight is 335 g/mol. The molecule has 0 bridgehead atoms. The summed E-state index contributed by atoms with van der Waals surface area (Å²) in [7, 11) is 0. The Morgan fingerprint density at radius 2 is 1.79 bits per heavy atom. The molecule has 0 aliphatic heterocycles. The molecule has 136 valence electrons. The third-order valence-electron chi connectivity index (χ3n) is 4.28. The topological polar surface area (TPSA) is 47.6 Å². The van der Waals surface area contributed by atoms with Gasteiger partial charge in [-0.1, -0.05) is 20.3 Å². The molecule has 2 atom stereocenters. The number of amides is 1. The zero-order valence-corrected chi connectivity index (χ0v) is 16.3. The summed E-state index contributed by atoms with van der Waals surface area (Å²) in [6.07, 6.45) is 2.72. The Balaban J connectivity index is 2.97. The van der Waals surface area contributed by atoms with Gasteiger partial charge in [0.2, 0.25) is 0 Å². The van der Waals surface area contributed by atoms with Crippen LogP contribution in [0.25, 0.3) is 0 Å². The van der Waals surface area contributed by atoms with Crippen LogP contribution in [0.15, 0.2) is 12.1 Å². The Hall–Kier alpha value is -1.55. The predicted octanol–water partition coefficient (Wildman–Crippen LogP) is 5.01. The Labute approximate surface area is 146 Å². The lowest BCUT2D eigenvalue weighted by molar-refractivity contribution is -0.139. The summed E-state index contributed by atoms with van der Waals surface area (Å²) in [4.78, 5) is 12.7. The second-order valence-electron chi connectivity index (χ2n) is 6.64. The molecule has 0 aromatic heterocycles. The third kappa shape index (κ3) is 5.23. The van der Waals surface area contributed by atoms with E-state index in [9.17, 15) is 4.79 Å². The molecule has 1 rings (SSSR count). The summed E-state index contributed by atoms with van der Waals surface area (Å²) in [6.45, 7) is 14.5. The minimum absolute atomic E-state index is 0.0967. The first-order valence-electron chi connectivity index (χ1n) is 9.00. The maximum absolute atomic E-state index is 12.7. The fourth-order valence-electron chi connectivity index (χ4n) is 2.80. The molecule has 0 spiro atoms. The second-order valence-corrected chi connectivity index (χ2v) is 6.64. The van der Waals surface area contributed by atoms with Crippen LogP contribution in [0, 0.1) is 13.8 Å². The first-order chi connectivity index (χ1) is 11.3. The summed E-state index contributed by atoms with van der Waals surface area (Å²) in [5.74, 6) is 0.809. The van der Waals surface area contributed by atoms with Gasteiger partial charge in [0.15, 0.2) is 0 Å². The zero-order valence-electron chi connectivity index (χ0n) is 16.3. The first kappa shape index (κ1) is 20.5. The van der Waals surface area contributed by atoms with Crippen molar-refractivity contribution in [3.05, 3.63) is 23.3 Å². The molecule has 0 radical (unpaired) electrons. The SMILES string of the molecule is CCC[C@@](C)(OCC)C(=O)Nc1cc(C)c(O[C@H](C)CC)c(C)c1. The molecule has 1 aromatic rings. The summed E-state index contributed by atoms with van der Waals surface area (Å²) in [5.41, 5.74) is 2.05. The van der Waals surface area contributed by atoms with Crippen molar-refractivity contribution in [2.24, 2.45) is 0 Å². The van der Waals surface area contributed by atoms with E-state index in [1.165, 1.54) is 0 Å². The van der Waals surface area contributed by atoms with Crippen molar-refractivity contribution < 1.29 is 14.3 Å². The average Bonchev–Trinajstić information content (AvgIpc) is 2.51. The summed E-state index contributed by atoms with van der Waals surface area (Å²) in [5, 5.41) is 3.01. The molecule has 0 fully saturated rings. The lowest BCUT2D eigenvalue weighted by Gasteiger charge is -2.28. The van der Waals surface area contributed by atoms with Crippen LogP contribution in [-0.2, 0) is 9.53 Å². The lowest BCUT2D eigenvalue weighted by Crippen LogP contribution is -2.42. The maximum atomic E-state index is 12.7. The fourth-order valence-corrected chi connectivity index (χ4v) is 2.80. The van der Waals surface area contributed by atoms with E-state index < -0.39 is 5.60 Å². The fraction of sp³-hybridized carbons (Fsp3) is 0.650. The van der Waals surface area contributed by atoms with Crippen LogP contribution < -0.4 is 10.1 Å². The molecule has 24 heavy (non-hydrogen) atoms. The van der Waals surface area contributed by atoms with E-state index in [0.29, 0.717) is 13.0 Å². The Morgan fingerprint density at radius 3 is 2.25 bits per heavy atom. The number of hydrogen-bond donors (Lipinski definition) is 1. The van der Waals surface area contributed by atoms with Crippen molar-refractivity contribution in [2.45, 2.75) is 79.4 Å². The molecule has 4 nitrogen and oxygen atoms in total. The highest BCUT2D eigenvalue weighted by atomic mass is 16.5. The molecule has 1 N–H and O–H groups in total. The van der Waals surface area contributed by atoms with Crippen molar-refractivity contribution >= 4 is 11.6 Å². The molecule has 1 amide bonds. The second kappa shape index (κ2) is 9.07. The highest BCUT2D eigenvalue weighted by molar-refractivity contribution is 5.97. The normalized spacial score (nSPS) is 14.8. The van der Waals surface area contributed by atoms with Gasteiger partial charge in [-0.15, -0.1) is 0 Å². The van der Waals surface area contributed by atoms with E-state index in [0.717, 1.165) is 35.4 Å². The van der Waals surface area contributed by atoms with Gasteiger partial charge in [0.1, 0.15) is 11.4 Å². The summed E-state index contributed by atoms with van der Waals surface area (Å²) >= 11 is 0. The number of carbonyl (C=O) groups excluding carboxylic acids is 1. The van der Waals surface area contributed by atoms with Crippen molar-refractivity contribution in [1.29, 1.82) is 0 Å². The monoisotopic (exact) mass is 335 g/mol. The van der Waals surface area contributed by atoms with Crippen LogP contribution in [0.3, 0.4) is 0 Å². The minimum atomic E-state index is -0.794. The van der Waals surface area contributed by atoms with E-state index in [2.05, 4.69) is 26.1 Å². The van der Waals surface area contributed by atoms with Gasteiger partial charge < -0.3 is 14.8 Å². The summed E-state index contributed by atoms with van der Waals surface area (Å²) < 4.78 is 11.7. The smallest absolute Gasteiger partial charge is 0.256 e. The van der Waals surface area contributed by atoms with Crippen LogP contribution >= 0.6 is 0 Å². The number of rotatable bonds is 9. The molecule has 0 unspecified atom stereocenters. The Kier molecular flexibility index (Phi) is 7.74. The number of aryl methyl sites for hydroxylation is 2. The van der Waals surface area contributed by atoms with E-state index in [1.54, 1.807) is 0 Å². The lowest BCUT2D eigenvalue weighted by atomic mass is 9.98. The largest absolute Gasteiger partial charge is 0.490 e. The highest BCUT2D eigenvalue weighted by Gasteiger charge is 2.33. The number of benzene rings is 1. The number of nitrogens with one attached hydrogen (secondary N) is 1. The van der Waals surface area contributed by atoms with Crippen LogP contribution in [-0.4, -0.2) is 24.2 Å². The molecule has 0 aliphatic rings. The molecule has 0 aliphatic carbocycles. The van der Waals surface area contributed by atoms with Crippen molar-refractivity contribution in [3.8, 4) is 5.75 Å². The van der Waals surface area contributed by atoms with Gasteiger partial charge in [-0.25, -0.2) is 0 Å². The molecule has 0 heterocycles. The van der Waals surface area contributed by atoms with Gasteiger partial charge >= 0.3 is 0 Å². The molecular formula is C20H33NO3. The number of carbonyl (C=O) groups is 1. The van der Waals surface area contributed by atoms with E-state index in [-0.39, 0.29) is 12.0 Å². The molecule has 0 saturated carbocycles. The van der Waals surface area contributed by atoms with Gasteiger partial charge in [0, 0.05) is 12.3 Å². The van der Waals surface area contributed by atoms with Crippen molar-refractivity contribution in [3.63, 3.8) is 0 Å². The van der Waals surface area contributed by atoms with Gasteiger partial charge in [0.25, 0.3) is 5.91 Å². The van der Waals surface area contributed by atoms with Gasteiger partial charge in [-0.3, -0.25) is 4.79 Å². The molecule has 1 aromatic carbocycles. The van der Waals surface area contributed by atoms with Gasteiger partial charge in [-0.05, 0) is 70.7 Å². The molecular weight excluding hydrogens is 302 g/mol. The van der Waals surface area contributed by atoms with Gasteiger partial charge in [-0.2, -0.15) is 0 Å². The quantitative estimate of drug-likeness (QED) is 0.689. The van der Waals surface area contributed by atoms with E-state index >= 15 is 0 Å². The van der Waals surface area contributed by atoms with Crippen molar-refractivity contribution in [2.75, 3.05) is 11.9 Å². The zero-order chi connectivity index (χ0) is 18.3. The number of ether oxygens (including phenoxy) is 2. The van der Waals surface area contributed by atoms with E-state index in [4.69, 9.17) is 9.47 Å². The predicted molar refractivity (Wildman–Crippen MR) is 99.9 cm³/mol. The van der Waals surface area contributed by atoms with Crippen LogP contribution in [0.4, 0.5) is 5.69 Å². The Bertz CT molecular complexity index is 525. The minimum Gasteiger partial charge on any atom is -0.490 e. The molecule has 0 saturated heterocycles. The standard InChI is InChI=1S/C20H33NO3/c1-8-11-20(7,23-10-3)19(22)21-17-12-14(4)18(15(5)13-17)24-16(6)9-2/h12-13,16H,8-11H2,1-7H3,(H,21,22)/t16-,20-/m1/s1. The highest BCUT2D eigenvalue weighted by Crippen LogP contribution is 2.29. The first-order valence-corrected chi connectivity index (χ1v) is 9.00. The third-order valence-corrected chi connectivity index (χ3v) is 4.28. The number of hydrogen-bond acceptors (Lipinski definition) is 3. The maximum Gasteiger partial charge on any atom is 0.256 e. The van der Waals surface area contributed by atoms with Gasteiger partial charge in [0.05, 0.1) is 6.10 Å². The van der Waals surface area contributed by atoms with Crippen LogP contribution in [0.5, 0.6) is 5.75 Å². The summed E-state index contributed by atoms with van der Waals surface area (Å²) in [6, 6.07) is 3.92. The molecule has 4 heteroatoms. The Morgan fingerprint density at radius 1 is 1.21 bits per heavy atom. The van der Waals surface area contributed by atoms with Crippen LogP contribution in [0.1, 0.15) is 65.0 Å². The van der Waals surface area contributed by atoms with Crippen molar-refractivity contribution in [1.82, 2.24) is 0 Å².